The minimum Gasteiger partial charge on any atom is -0.369 e. The summed E-state index contributed by atoms with van der Waals surface area (Å²) >= 11 is 1.73. The third kappa shape index (κ3) is 4.33. The zero-order valence-corrected chi connectivity index (χ0v) is 11.1. The van der Waals surface area contributed by atoms with Gasteiger partial charge in [-0.15, -0.1) is 11.3 Å². The molecular formula is C12H19NO2S. The summed E-state index contributed by atoms with van der Waals surface area (Å²) in [7, 11) is 0. The van der Waals surface area contributed by atoms with E-state index in [0.717, 1.165) is 0 Å². The molecule has 4 heteroatoms. The predicted octanol–water partition coefficient (Wildman–Crippen LogP) is 2.41. The number of ether oxygens (including phenoxy) is 1. The Kier molecular flexibility index (Phi) is 4.96. The Morgan fingerprint density at radius 1 is 1.50 bits per heavy atom. The summed E-state index contributed by atoms with van der Waals surface area (Å²) in [4.78, 5) is 13.9. The van der Waals surface area contributed by atoms with Crippen molar-refractivity contribution in [2.45, 2.75) is 40.3 Å². The second kappa shape index (κ2) is 6.01. The number of rotatable bonds is 5. The SMILES string of the molecule is Cc1cc(CNC(=O)COC(C)C)sc1C. The minimum absolute atomic E-state index is 0.0580. The molecule has 0 aliphatic heterocycles. The quantitative estimate of drug-likeness (QED) is 0.859. The van der Waals surface area contributed by atoms with Gasteiger partial charge in [0.25, 0.3) is 0 Å². The molecule has 0 saturated carbocycles. The topological polar surface area (TPSA) is 38.3 Å². The summed E-state index contributed by atoms with van der Waals surface area (Å²) in [6, 6.07) is 2.11. The van der Waals surface area contributed by atoms with Crippen LogP contribution in [0, 0.1) is 13.8 Å². The van der Waals surface area contributed by atoms with Crippen molar-refractivity contribution in [3.63, 3.8) is 0 Å². The largest absolute Gasteiger partial charge is 0.369 e. The lowest BCUT2D eigenvalue weighted by atomic mass is 10.3. The van der Waals surface area contributed by atoms with Crippen LogP contribution in [0.15, 0.2) is 6.07 Å². The van der Waals surface area contributed by atoms with E-state index < -0.39 is 0 Å². The van der Waals surface area contributed by atoms with Crippen LogP contribution in [0.5, 0.6) is 0 Å². The highest BCUT2D eigenvalue weighted by Gasteiger charge is 2.05. The molecule has 1 heterocycles. The van der Waals surface area contributed by atoms with Crippen molar-refractivity contribution in [3.8, 4) is 0 Å². The number of carbonyl (C=O) groups excluding carboxylic acids is 1. The van der Waals surface area contributed by atoms with Gasteiger partial charge >= 0.3 is 0 Å². The van der Waals surface area contributed by atoms with E-state index in [0.29, 0.717) is 6.54 Å². The van der Waals surface area contributed by atoms with Gasteiger partial charge in [0, 0.05) is 9.75 Å². The molecule has 0 spiro atoms. The van der Waals surface area contributed by atoms with Gasteiger partial charge < -0.3 is 10.1 Å². The third-order valence-electron chi connectivity index (χ3n) is 2.22. The van der Waals surface area contributed by atoms with Crippen molar-refractivity contribution >= 4 is 17.2 Å². The fraction of sp³-hybridized carbons (Fsp3) is 0.583. The lowest BCUT2D eigenvalue weighted by Crippen LogP contribution is -2.28. The minimum atomic E-state index is -0.0580. The lowest BCUT2D eigenvalue weighted by Gasteiger charge is -2.07. The Morgan fingerprint density at radius 3 is 2.69 bits per heavy atom. The Labute approximate surface area is 101 Å². The summed E-state index contributed by atoms with van der Waals surface area (Å²) in [5.41, 5.74) is 1.28. The highest BCUT2D eigenvalue weighted by molar-refractivity contribution is 7.12. The maximum Gasteiger partial charge on any atom is 0.246 e. The average molecular weight is 241 g/mol. The first-order valence-corrected chi connectivity index (χ1v) is 6.25. The van der Waals surface area contributed by atoms with E-state index in [1.165, 1.54) is 15.3 Å². The fourth-order valence-corrected chi connectivity index (χ4v) is 2.21. The van der Waals surface area contributed by atoms with Gasteiger partial charge in [-0.1, -0.05) is 0 Å². The molecule has 0 bridgehead atoms. The summed E-state index contributed by atoms with van der Waals surface area (Å²) < 4.78 is 5.21. The van der Waals surface area contributed by atoms with Gasteiger partial charge in [-0.3, -0.25) is 4.79 Å². The Balaban J connectivity index is 2.31. The van der Waals surface area contributed by atoms with Gasteiger partial charge in [-0.25, -0.2) is 0 Å². The van der Waals surface area contributed by atoms with Gasteiger partial charge in [-0.05, 0) is 39.3 Å². The monoisotopic (exact) mass is 241 g/mol. The van der Waals surface area contributed by atoms with E-state index in [1.54, 1.807) is 11.3 Å². The van der Waals surface area contributed by atoms with Crippen molar-refractivity contribution in [2.24, 2.45) is 0 Å². The van der Waals surface area contributed by atoms with Crippen molar-refractivity contribution < 1.29 is 9.53 Å². The number of amides is 1. The first kappa shape index (κ1) is 13.2. The predicted molar refractivity (Wildman–Crippen MR) is 66.7 cm³/mol. The van der Waals surface area contributed by atoms with Crippen LogP contribution in [0.3, 0.4) is 0 Å². The molecule has 16 heavy (non-hydrogen) atoms. The molecule has 90 valence electrons. The number of aryl methyl sites for hydroxylation is 2. The molecule has 0 saturated heterocycles. The lowest BCUT2D eigenvalue weighted by molar-refractivity contribution is -0.127. The first-order valence-electron chi connectivity index (χ1n) is 5.43. The van der Waals surface area contributed by atoms with Crippen molar-refractivity contribution in [2.75, 3.05) is 6.61 Å². The van der Waals surface area contributed by atoms with Crippen molar-refractivity contribution in [1.82, 2.24) is 5.32 Å². The molecule has 0 aromatic carbocycles. The number of carbonyl (C=O) groups is 1. The molecule has 0 unspecified atom stereocenters. The molecule has 0 fully saturated rings. The van der Waals surface area contributed by atoms with E-state index in [2.05, 4.69) is 25.2 Å². The zero-order valence-electron chi connectivity index (χ0n) is 10.3. The number of hydrogen-bond acceptors (Lipinski definition) is 3. The highest BCUT2D eigenvalue weighted by Crippen LogP contribution is 2.20. The van der Waals surface area contributed by atoms with Crippen LogP contribution in [-0.4, -0.2) is 18.6 Å². The zero-order chi connectivity index (χ0) is 12.1. The first-order chi connectivity index (χ1) is 7.49. The molecule has 1 N–H and O–H groups in total. The van der Waals surface area contributed by atoms with E-state index in [-0.39, 0.29) is 18.6 Å². The Morgan fingerprint density at radius 2 is 2.19 bits per heavy atom. The van der Waals surface area contributed by atoms with Crippen LogP contribution in [0.25, 0.3) is 0 Å². The number of nitrogens with one attached hydrogen (secondary N) is 1. The third-order valence-corrected chi connectivity index (χ3v) is 3.38. The van der Waals surface area contributed by atoms with E-state index in [9.17, 15) is 4.79 Å². The molecule has 0 aliphatic carbocycles. The van der Waals surface area contributed by atoms with Crippen LogP contribution in [0.2, 0.25) is 0 Å². The molecule has 0 radical (unpaired) electrons. The number of hydrogen-bond donors (Lipinski definition) is 1. The molecule has 1 amide bonds. The molecule has 1 aromatic rings. The fourth-order valence-electron chi connectivity index (χ4n) is 1.22. The average Bonchev–Trinajstić information content (AvgIpc) is 2.52. The van der Waals surface area contributed by atoms with E-state index >= 15 is 0 Å². The van der Waals surface area contributed by atoms with Gasteiger partial charge in [0.05, 0.1) is 12.6 Å². The maximum atomic E-state index is 11.4. The highest BCUT2D eigenvalue weighted by atomic mass is 32.1. The second-order valence-corrected chi connectivity index (χ2v) is 5.43. The van der Waals surface area contributed by atoms with E-state index in [1.807, 2.05) is 13.8 Å². The maximum absolute atomic E-state index is 11.4. The smallest absolute Gasteiger partial charge is 0.246 e. The van der Waals surface area contributed by atoms with Crippen LogP contribution in [0.4, 0.5) is 0 Å². The Hall–Kier alpha value is -0.870. The van der Waals surface area contributed by atoms with Crippen LogP contribution >= 0.6 is 11.3 Å². The van der Waals surface area contributed by atoms with Crippen LogP contribution in [0.1, 0.15) is 29.2 Å². The molecule has 1 aromatic heterocycles. The normalized spacial score (nSPS) is 10.8. The summed E-state index contributed by atoms with van der Waals surface area (Å²) in [5, 5.41) is 2.84. The van der Waals surface area contributed by atoms with Gasteiger partial charge in [-0.2, -0.15) is 0 Å². The standard InChI is InChI=1S/C12H19NO2S/c1-8(2)15-7-12(14)13-6-11-5-9(3)10(4)16-11/h5,8H,6-7H2,1-4H3,(H,13,14). The number of thiophene rings is 1. The molecular weight excluding hydrogens is 222 g/mol. The van der Waals surface area contributed by atoms with Crippen LogP contribution in [-0.2, 0) is 16.1 Å². The molecule has 0 aliphatic rings. The van der Waals surface area contributed by atoms with Crippen LogP contribution < -0.4 is 5.32 Å². The molecule has 3 nitrogen and oxygen atoms in total. The van der Waals surface area contributed by atoms with Crippen molar-refractivity contribution in [1.29, 1.82) is 0 Å². The van der Waals surface area contributed by atoms with Gasteiger partial charge in [0.1, 0.15) is 6.61 Å². The molecule has 1 rings (SSSR count). The van der Waals surface area contributed by atoms with Gasteiger partial charge in [0.15, 0.2) is 0 Å². The van der Waals surface area contributed by atoms with Crippen molar-refractivity contribution in [3.05, 3.63) is 21.4 Å². The summed E-state index contributed by atoms with van der Waals surface area (Å²) in [6.45, 7) is 8.74. The molecule has 0 atom stereocenters. The Bertz CT molecular complexity index is 338. The van der Waals surface area contributed by atoms with E-state index in [4.69, 9.17) is 4.74 Å². The second-order valence-electron chi connectivity index (χ2n) is 4.09. The summed E-state index contributed by atoms with van der Waals surface area (Å²) in [5.74, 6) is -0.0580. The van der Waals surface area contributed by atoms with Gasteiger partial charge in [0.2, 0.25) is 5.91 Å². The summed E-state index contributed by atoms with van der Waals surface area (Å²) in [6.07, 6.45) is 0.0944.